The monoisotopic (exact) mass is 587 g/mol. The Bertz CT molecular complexity index is 550. The van der Waals surface area contributed by atoms with Gasteiger partial charge in [-0.1, -0.05) is 53.7 Å². The first-order valence-corrected chi connectivity index (χ1v) is 7.89. The number of aliphatic carboxylic acids is 1. The van der Waals surface area contributed by atoms with Gasteiger partial charge in [0.15, 0.2) is 6.61 Å². The molecule has 0 heterocycles. The van der Waals surface area contributed by atoms with Gasteiger partial charge in [-0.25, -0.2) is 9.59 Å². The fraction of sp³-hybridized carbons (Fsp3) is 0.579. The molecular weight excluding hydrogens is 559 g/mol. The van der Waals surface area contributed by atoms with Crippen molar-refractivity contribution in [1.29, 1.82) is 0 Å². The molecule has 0 aromatic heterocycles. The van der Waals surface area contributed by atoms with Crippen LogP contribution >= 0.6 is 0 Å². The molecule has 1 unspecified atom stereocenters. The van der Waals surface area contributed by atoms with Gasteiger partial charge in [0.2, 0.25) is 0 Å². The van der Waals surface area contributed by atoms with E-state index in [0.29, 0.717) is 11.5 Å². The number of rotatable bonds is 5. The van der Waals surface area contributed by atoms with Crippen LogP contribution in [0.15, 0.2) is 24.3 Å². The van der Waals surface area contributed by atoms with Crippen LogP contribution in [0.5, 0.6) is 0 Å². The van der Waals surface area contributed by atoms with Crippen LogP contribution in [-0.2, 0) is 9.53 Å². The molecule has 0 radical (unpaired) electrons. The Kier molecular flexibility index (Phi) is 6.72. The maximum Gasteiger partial charge on any atom is 0.341 e. The van der Waals surface area contributed by atoms with Crippen molar-refractivity contribution in [2.45, 2.75) is 53.9 Å². The third-order valence-electron chi connectivity index (χ3n) is 3.74. The molecule has 130 valence electrons. The Hall–Kier alpha value is -2.84. The van der Waals surface area contributed by atoms with E-state index < -0.39 is 18.5 Å². The van der Waals surface area contributed by atoms with E-state index in [4.69, 9.17) is 9.84 Å². The van der Waals surface area contributed by atoms with Crippen LogP contribution in [0.4, 0.5) is 0 Å². The summed E-state index contributed by atoms with van der Waals surface area (Å²) in [7, 11) is 0. The molecule has 0 aliphatic carbocycles. The molecule has 1 aromatic carbocycles. The summed E-state index contributed by atoms with van der Waals surface area (Å²) in [6.07, 6.45) is 1.04. The number of hydrogen-bond acceptors (Lipinski definition) is 3. The van der Waals surface area contributed by atoms with Gasteiger partial charge in [0.25, 0.3) is 0 Å². The van der Waals surface area contributed by atoms with Crippen LogP contribution in [0.25, 0.3) is 0 Å². The molecule has 1 rings (SSSR count). The van der Waals surface area contributed by atoms with Gasteiger partial charge < -0.3 is 9.84 Å². The summed E-state index contributed by atoms with van der Waals surface area (Å²) in [5, 5.41) is 8.55. The van der Waals surface area contributed by atoms with Gasteiger partial charge in [0.05, 0.1) is 5.56 Å². The van der Waals surface area contributed by atoms with Gasteiger partial charge >= 0.3 is 11.9 Å². The van der Waals surface area contributed by atoms with Crippen molar-refractivity contribution in [2.24, 2.45) is 10.8 Å². The largest absolute Gasteiger partial charge is 0.479 e. The topological polar surface area (TPSA) is 63.6 Å². The molecule has 0 fully saturated rings. The van der Waals surface area contributed by atoms with Crippen LogP contribution in [0.3, 0.4) is 0 Å². The minimum atomic E-state index is -1.16. The van der Waals surface area contributed by atoms with Crippen molar-refractivity contribution in [2.75, 3.05) is 6.61 Å². The first kappa shape index (κ1) is 21.2. The molecule has 0 amide bonds. The van der Waals surface area contributed by atoms with Crippen LogP contribution in [0, 0.1) is 10.8 Å². The predicted octanol–water partition coefficient (Wildman–Crippen LogP) is 4.49. The Morgan fingerprint density at radius 3 is 1.92 bits per heavy atom. The van der Waals surface area contributed by atoms with E-state index in [1.165, 1.54) is 5.56 Å². The molecule has 0 saturated carbocycles. The Labute approximate surface area is 138 Å². The molecule has 0 aliphatic heterocycles. The zero-order valence-corrected chi connectivity index (χ0v) is 22.1. The first-order valence-electron chi connectivity index (χ1n) is 7.89. The Morgan fingerprint density at radius 2 is 1.54 bits per heavy atom. The van der Waals surface area contributed by atoms with E-state index in [2.05, 4.69) is 41.5 Å². The van der Waals surface area contributed by atoms with Crippen molar-refractivity contribution in [1.82, 2.24) is 0 Å². The zero-order valence-electron chi connectivity index (χ0n) is 15.7. The molecule has 1 N–H and O–H groups in total. The van der Waals surface area contributed by atoms with Crippen LogP contribution < -0.4 is 0 Å². The minimum absolute atomic E-state index is 0. The summed E-state index contributed by atoms with van der Waals surface area (Å²) >= 11 is 0. The molecule has 5 heteroatoms. The number of hydrogen-bond donors (Lipinski definition) is 1. The Morgan fingerprint density at radius 1 is 1.04 bits per heavy atom. The van der Waals surface area contributed by atoms with Crippen molar-refractivity contribution in [3.63, 3.8) is 0 Å². The van der Waals surface area contributed by atoms with Crippen LogP contribution in [-0.4, -0.2) is 23.7 Å². The molecule has 1 aromatic rings. The number of esters is 1. The van der Waals surface area contributed by atoms with Crippen LogP contribution in [0.1, 0.15) is 69.8 Å². The molecule has 0 aliphatic rings. The van der Waals surface area contributed by atoms with Crippen molar-refractivity contribution in [3.8, 4) is 0 Å². The van der Waals surface area contributed by atoms with Gasteiger partial charge in [0.1, 0.15) is 0 Å². The number of carboxylic acids is 1. The van der Waals surface area contributed by atoms with E-state index in [9.17, 15) is 9.59 Å². The van der Waals surface area contributed by atoms with Crippen LogP contribution in [0.2, 0.25) is 0 Å². The summed E-state index contributed by atoms with van der Waals surface area (Å²) < 4.78 is 4.70. The first-order chi connectivity index (χ1) is 10.4. The summed E-state index contributed by atoms with van der Waals surface area (Å²) in [4.78, 5) is 22.2. The van der Waals surface area contributed by atoms with E-state index in [1.807, 2.05) is 12.1 Å². The number of carboxylic acid groups (broad SMARTS) is 1. The SMILES string of the molecule is CC(C)(C)CC(c1ccc(C(=O)OCC(=O)O)cc1)C(C)(C)C.[Rf]. The zero-order chi connectivity index (χ0) is 17.8. The third kappa shape index (κ3) is 6.51. The minimum Gasteiger partial charge on any atom is -0.479 e. The second kappa shape index (κ2) is 7.62. The quantitative estimate of drug-likeness (QED) is 0.516. The number of ether oxygens (including phenoxy) is 1. The van der Waals surface area contributed by atoms with Gasteiger partial charge in [-0.05, 0) is 40.9 Å². The molecular formula is C19H28O4Rf. The van der Waals surface area contributed by atoms with E-state index in [0.717, 1.165) is 6.42 Å². The summed E-state index contributed by atoms with van der Waals surface area (Å²) in [6.45, 7) is 12.7. The normalized spacial score (nSPS) is 12.9. The second-order valence-corrected chi connectivity index (χ2v) is 8.28. The fourth-order valence-electron chi connectivity index (χ4n) is 2.60. The van der Waals surface area contributed by atoms with Crippen molar-refractivity contribution in [3.05, 3.63) is 35.4 Å². The number of carbonyl (C=O) groups excluding carboxylic acids is 1. The van der Waals surface area contributed by atoms with Gasteiger partial charge in [-0.3, -0.25) is 0 Å². The van der Waals surface area contributed by atoms with E-state index in [1.54, 1.807) is 12.1 Å². The molecule has 0 bridgehead atoms. The predicted molar refractivity (Wildman–Crippen MR) is 90.6 cm³/mol. The summed E-state index contributed by atoms with van der Waals surface area (Å²) in [6, 6.07) is 7.31. The summed E-state index contributed by atoms with van der Waals surface area (Å²) in [5.41, 5.74) is 1.87. The van der Waals surface area contributed by atoms with Crippen molar-refractivity contribution < 1.29 is 19.4 Å². The molecule has 24 heavy (non-hydrogen) atoms. The molecule has 4 nitrogen and oxygen atoms in total. The van der Waals surface area contributed by atoms with Crippen molar-refractivity contribution >= 4 is 11.9 Å². The Balaban J connectivity index is 0.00000529. The summed E-state index contributed by atoms with van der Waals surface area (Å²) in [5.74, 6) is -1.40. The fourth-order valence-corrected chi connectivity index (χ4v) is 2.60. The molecule has 1 atom stereocenters. The number of carbonyl (C=O) groups is 2. The maximum atomic E-state index is 11.8. The molecule has 0 saturated heterocycles. The average Bonchev–Trinajstić information content (AvgIpc) is 2.40. The smallest absolute Gasteiger partial charge is 0.341 e. The average molecular weight is 587 g/mol. The van der Waals surface area contributed by atoms with Gasteiger partial charge in [-0.15, -0.1) is 0 Å². The van der Waals surface area contributed by atoms with Gasteiger partial charge in [0, 0.05) is 0 Å². The maximum absolute atomic E-state index is 11.8. The van der Waals surface area contributed by atoms with Gasteiger partial charge in [-0.2, -0.15) is 0 Å². The van der Waals surface area contributed by atoms with E-state index in [-0.39, 0.29) is 10.8 Å². The number of benzene rings is 1. The third-order valence-corrected chi connectivity index (χ3v) is 3.74. The second-order valence-electron chi connectivity index (χ2n) is 8.28. The van der Waals surface area contributed by atoms with E-state index >= 15 is 0 Å². The molecule has 0 spiro atoms. The standard InChI is InChI=1S/C19H28O4.Rf/c1-18(2,3)11-15(19(4,5)6)13-7-9-14(10-8-13)17(22)23-12-16(20)21;/h7-10,15H,11-12H2,1-6H3,(H,20,21);.